The van der Waals surface area contributed by atoms with Crippen LogP contribution in [0.15, 0.2) is 48.5 Å². The van der Waals surface area contributed by atoms with Gasteiger partial charge in [0, 0.05) is 64.7 Å². The second-order valence-corrected chi connectivity index (χ2v) is 21.1. The molecule has 0 fully saturated rings. The molecule has 0 saturated heterocycles. The van der Waals surface area contributed by atoms with Crippen LogP contribution in [0.1, 0.15) is 64.8 Å². The number of ether oxygens (including phenoxy) is 2. The number of hydrogen-bond donors (Lipinski definition) is 10. The summed E-state index contributed by atoms with van der Waals surface area (Å²) in [6.45, 7) is 0.724. The van der Waals surface area contributed by atoms with Gasteiger partial charge in [0.1, 0.15) is 0 Å². The van der Waals surface area contributed by atoms with E-state index in [2.05, 4.69) is 10.6 Å². The maximum absolute atomic E-state index is 14.5. The van der Waals surface area contributed by atoms with Crippen LogP contribution in [0, 0.1) is 33.1 Å². The third kappa shape index (κ3) is 13.7. The molecular formula is C52H54F24N4O8. The molecule has 4 aromatic rings. The Kier molecular flexibility index (Phi) is 20.9. The predicted molar refractivity (Wildman–Crippen MR) is 265 cm³/mol. The van der Waals surface area contributed by atoms with Crippen molar-refractivity contribution in [2.24, 2.45) is 5.41 Å². The van der Waals surface area contributed by atoms with Crippen molar-refractivity contribution in [3.05, 3.63) is 93.0 Å². The van der Waals surface area contributed by atoms with Crippen LogP contribution < -0.4 is 22.1 Å². The number of nitrogens with one attached hydrogen (secondary N) is 2. The Balaban J connectivity index is 1.53. The summed E-state index contributed by atoms with van der Waals surface area (Å²) in [7, 11) is 0. The van der Waals surface area contributed by atoms with Crippen molar-refractivity contribution >= 4 is 22.7 Å². The van der Waals surface area contributed by atoms with Gasteiger partial charge in [-0.15, -0.1) is 0 Å². The van der Waals surface area contributed by atoms with Gasteiger partial charge in [0.05, 0.1) is 32.0 Å². The van der Waals surface area contributed by atoms with Gasteiger partial charge in [0.25, 0.3) is 22.4 Å². The van der Waals surface area contributed by atoms with Crippen molar-refractivity contribution in [3.63, 3.8) is 0 Å². The van der Waals surface area contributed by atoms with Crippen molar-refractivity contribution in [1.82, 2.24) is 0 Å². The van der Waals surface area contributed by atoms with Crippen molar-refractivity contribution in [2.45, 2.75) is 132 Å². The zero-order chi connectivity index (χ0) is 68.3. The third-order valence-electron chi connectivity index (χ3n) is 14.3. The van der Waals surface area contributed by atoms with Gasteiger partial charge in [-0.25, -0.2) is 0 Å². The van der Waals surface area contributed by atoms with Gasteiger partial charge in [0.15, 0.2) is 0 Å². The van der Waals surface area contributed by atoms with E-state index in [-0.39, 0.29) is 19.6 Å². The number of nitrogens with two attached hydrogens (primary N) is 2. The second kappa shape index (κ2) is 24.7. The summed E-state index contributed by atoms with van der Waals surface area (Å²) in [6, 6.07) is 4.07. The molecule has 0 amide bonds. The minimum absolute atomic E-state index is 0.0603. The van der Waals surface area contributed by atoms with Gasteiger partial charge in [0.2, 0.25) is 0 Å². The third-order valence-corrected chi connectivity index (χ3v) is 14.3. The van der Waals surface area contributed by atoms with Crippen LogP contribution in [-0.4, -0.2) is 132 Å². The number of alkyl halides is 24. The Bertz CT molecular complexity index is 3070. The van der Waals surface area contributed by atoms with Crippen molar-refractivity contribution in [2.75, 3.05) is 61.6 Å². The number of anilines is 4. The normalized spacial score (nSPS) is 15.0. The summed E-state index contributed by atoms with van der Waals surface area (Å²) >= 11 is 0. The average Bonchev–Trinajstić information content (AvgIpc) is 3.48. The molecule has 498 valence electrons. The van der Waals surface area contributed by atoms with Crippen LogP contribution in [0.3, 0.4) is 0 Å². The first-order chi connectivity index (χ1) is 39.4. The van der Waals surface area contributed by atoms with E-state index in [1.165, 1.54) is 13.8 Å². The van der Waals surface area contributed by atoms with Crippen LogP contribution >= 0.6 is 0 Å². The van der Waals surface area contributed by atoms with Crippen LogP contribution in [0.25, 0.3) is 22.3 Å². The molecule has 0 spiro atoms. The van der Waals surface area contributed by atoms with Gasteiger partial charge in [-0.3, -0.25) is 0 Å². The predicted octanol–water partition coefficient (Wildman–Crippen LogP) is 12.4. The summed E-state index contributed by atoms with van der Waals surface area (Å²) in [6.07, 6.45) is -56.6. The quantitative estimate of drug-likeness (QED) is 0.0214. The lowest BCUT2D eigenvalue weighted by Gasteiger charge is -2.37. The summed E-state index contributed by atoms with van der Waals surface area (Å²) in [5, 5.41) is 67.0. The molecule has 0 aliphatic rings. The van der Waals surface area contributed by atoms with E-state index in [0.717, 1.165) is 0 Å². The molecule has 0 aromatic heterocycles. The molecule has 2 unspecified atom stereocenters. The lowest BCUT2D eigenvalue weighted by molar-refractivity contribution is -0.376. The van der Waals surface area contributed by atoms with E-state index in [1.807, 2.05) is 0 Å². The highest BCUT2D eigenvalue weighted by Gasteiger charge is 2.76. The maximum atomic E-state index is 14.5. The fourth-order valence-corrected chi connectivity index (χ4v) is 9.70. The Morgan fingerprint density at radius 2 is 0.625 bits per heavy atom. The first kappa shape index (κ1) is 74.5. The standard InChI is InChI=1S/C52H54F24N4O8/c1-22-28(7-11-32(77)36(22)41(83,45(53,54)55)46(56,57)58)30-9-13-34(38(24(30)3)43(85,49(65,66)67)50(68,69)70)79-17-26(81)19-87-16-15-40(5,6)21-88-20-27(82)18-80-35-14-10-31(25(4)39(35)44(86,51(71,72)73)52(74,75)76)29-8-12-33(78)37(23(29)2)42(84,47(59,60)61)48(62,63)64/h7-14,26-27,79-86H,15-21,77-78H2,1-6H3. The second-order valence-electron chi connectivity index (χ2n) is 21.1. The molecule has 36 heteroatoms. The van der Waals surface area contributed by atoms with Crippen LogP contribution in [-0.2, 0) is 31.9 Å². The van der Waals surface area contributed by atoms with E-state index in [0.29, 0.717) is 76.2 Å². The molecule has 12 N–H and O–H groups in total. The zero-order valence-corrected chi connectivity index (χ0v) is 45.9. The zero-order valence-electron chi connectivity index (χ0n) is 45.9. The summed E-state index contributed by atoms with van der Waals surface area (Å²) < 4.78 is 352. The molecule has 0 heterocycles. The molecular weight excluding hydrogens is 1260 g/mol. The lowest BCUT2D eigenvalue weighted by Crippen LogP contribution is -2.55. The largest absolute Gasteiger partial charge is 0.430 e. The van der Waals surface area contributed by atoms with Gasteiger partial charge in [-0.05, 0) is 108 Å². The first-order valence-electron chi connectivity index (χ1n) is 24.9. The minimum Gasteiger partial charge on any atom is -0.398 e. The number of halogens is 24. The SMILES string of the molecule is Cc1c(-c2ccc(NCC(O)COCCC(C)(C)COCC(O)CNc3ccc(-c4ccc(N)c(C(O)(C(F)(F)F)C(F)(F)F)c4C)c(C)c3C(O)(C(F)(F)F)C(F)(F)F)c(C(O)(C(F)(F)F)C(F)(F)F)c2C)ccc(N)c1C(O)(C(F)(F)F)C(F)(F)F. The summed E-state index contributed by atoms with van der Waals surface area (Å²) in [5.74, 6) is 0. The van der Waals surface area contributed by atoms with Gasteiger partial charge in [-0.2, -0.15) is 105 Å². The number of hydrogen-bond acceptors (Lipinski definition) is 12. The van der Waals surface area contributed by atoms with Crippen LogP contribution in [0.5, 0.6) is 0 Å². The Labute approximate surface area is 482 Å². The molecule has 4 aromatic carbocycles. The summed E-state index contributed by atoms with van der Waals surface area (Å²) in [5.41, 5.74) is -35.4. The lowest BCUT2D eigenvalue weighted by atomic mass is 9.80. The Morgan fingerprint density at radius 3 is 0.898 bits per heavy atom. The number of aliphatic hydroxyl groups excluding tert-OH is 2. The Morgan fingerprint density at radius 1 is 0.386 bits per heavy atom. The highest BCUT2D eigenvalue weighted by atomic mass is 19.4. The highest BCUT2D eigenvalue weighted by molar-refractivity contribution is 5.81. The van der Waals surface area contributed by atoms with Crippen molar-refractivity contribution < 1.29 is 145 Å². The molecule has 0 aliphatic carbocycles. The van der Waals surface area contributed by atoms with E-state index < -0.39 is 205 Å². The fourth-order valence-electron chi connectivity index (χ4n) is 9.70. The van der Waals surface area contributed by atoms with Crippen LogP contribution in [0.4, 0.5) is 128 Å². The number of nitrogen functional groups attached to an aromatic ring is 2. The van der Waals surface area contributed by atoms with E-state index in [4.69, 9.17) is 20.9 Å². The number of rotatable bonds is 21. The average molecular weight is 1320 g/mol. The van der Waals surface area contributed by atoms with Crippen LogP contribution in [0.2, 0.25) is 0 Å². The van der Waals surface area contributed by atoms with E-state index >= 15 is 0 Å². The highest BCUT2D eigenvalue weighted by Crippen LogP contribution is 2.59. The molecule has 0 radical (unpaired) electrons. The smallest absolute Gasteiger partial charge is 0.398 e. The van der Waals surface area contributed by atoms with Gasteiger partial charge >= 0.3 is 49.4 Å². The minimum atomic E-state index is -6.66. The molecule has 12 nitrogen and oxygen atoms in total. The van der Waals surface area contributed by atoms with E-state index in [1.54, 1.807) is 0 Å². The first-order valence-corrected chi connectivity index (χ1v) is 24.9. The number of benzene rings is 4. The van der Waals surface area contributed by atoms with Gasteiger partial charge in [-0.1, -0.05) is 38.1 Å². The number of aliphatic hydroxyl groups is 6. The molecule has 2 atom stereocenters. The molecule has 88 heavy (non-hydrogen) atoms. The van der Waals surface area contributed by atoms with E-state index in [9.17, 15) is 136 Å². The topological polar surface area (TPSA) is 216 Å². The monoisotopic (exact) mass is 1320 g/mol. The molecule has 0 saturated carbocycles. The summed E-state index contributed by atoms with van der Waals surface area (Å²) in [4.78, 5) is 0. The van der Waals surface area contributed by atoms with Gasteiger partial charge < -0.3 is 62.2 Å². The molecule has 0 bridgehead atoms. The maximum Gasteiger partial charge on any atom is 0.430 e. The Hall–Kier alpha value is -5.92. The fraction of sp³-hybridized carbons (Fsp3) is 0.538. The van der Waals surface area contributed by atoms with Crippen molar-refractivity contribution in [3.8, 4) is 22.3 Å². The molecule has 4 rings (SSSR count). The van der Waals surface area contributed by atoms with Crippen molar-refractivity contribution in [1.29, 1.82) is 0 Å². The molecule has 0 aliphatic heterocycles.